The molecule has 0 aliphatic heterocycles. The van der Waals surface area contributed by atoms with Gasteiger partial charge in [0.05, 0.1) is 10.0 Å². The fourth-order valence-corrected chi connectivity index (χ4v) is 2.30. The average molecular weight is 344 g/mol. The second kappa shape index (κ2) is 6.69. The minimum absolute atomic E-state index is 0.0710. The summed E-state index contributed by atoms with van der Waals surface area (Å²) in [6, 6.07) is 8.36. The molecule has 0 unspecified atom stereocenters. The van der Waals surface area contributed by atoms with Crippen LogP contribution < -0.4 is 4.74 Å². The average Bonchev–Trinajstić information content (AvgIpc) is 2.44. The van der Waals surface area contributed by atoms with Crippen LogP contribution in [0.2, 0.25) is 15.1 Å². The SMILES string of the molecule is Cc1cc(OCC(=O)c2ccc(Cl)c(Cl)c2)cc(C)c1Cl. The molecule has 0 aromatic heterocycles. The van der Waals surface area contributed by atoms with Crippen molar-refractivity contribution in [2.45, 2.75) is 13.8 Å². The largest absolute Gasteiger partial charge is 0.485 e. The van der Waals surface area contributed by atoms with Gasteiger partial charge in [-0.05, 0) is 55.3 Å². The first-order chi connectivity index (χ1) is 9.88. The van der Waals surface area contributed by atoms with E-state index in [2.05, 4.69) is 0 Å². The van der Waals surface area contributed by atoms with Gasteiger partial charge in [-0.15, -0.1) is 0 Å². The van der Waals surface area contributed by atoms with Gasteiger partial charge in [0.1, 0.15) is 5.75 Å². The van der Waals surface area contributed by atoms with Gasteiger partial charge in [0.25, 0.3) is 0 Å². The Bertz CT molecular complexity index is 673. The Balaban J connectivity index is 2.09. The minimum atomic E-state index is -0.168. The second-order valence-corrected chi connectivity index (χ2v) is 5.90. The number of ether oxygens (including phenoxy) is 1. The van der Waals surface area contributed by atoms with Crippen molar-refractivity contribution in [3.63, 3.8) is 0 Å². The van der Waals surface area contributed by atoms with Crippen molar-refractivity contribution >= 4 is 40.6 Å². The Hall–Kier alpha value is -1.22. The Labute approximate surface area is 138 Å². The lowest BCUT2D eigenvalue weighted by molar-refractivity contribution is 0.0921. The van der Waals surface area contributed by atoms with Gasteiger partial charge in [-0.1, -0.05) is 34.8 Å². The van der Waals surface area contributed by atoms with Gasteiger partial charge in [0.2, 0.25) is 0 Å². The zero-order chi connectivity index (χ0) is 15.6. The normalized spacial score (nSPS) is 10.5. The maximum atomic E-state index is 12.1. The van der Waals surface area contributed by atoms with E-state index in [0.717, 1.165) is 11.1 Å². The Morgan fingerprint density at radius 2 is 1.62 bits per heavy atom. The van der Waals surface area contributed by atoms with E-state index in [4.69, 9.17) is 39.5 Å². The van der Waals surface area contributed by atoms with Crippen molar-refractivity contribution < 1.29 is 9.53 Å². The molecule has 0 fully saturated rings. The number of hydrogen-bond acceptors (Lipinski definition) is 2. The molecule has 0 N–H and O–H groups in total. The van der Waals surface area contributed by atoms with Crippen molar-refractivity contribution in [1.82, 2.24) is 0 Å². The summed E-state index contributed by atoms with van der Waals surface area (Å²) in [6.07, 6.45) is 0. The lowest BCUT2D eigenvalue weighted by Gasteiger charge is -2.10. The molecule has 0 atom stereocenters. The molecule has 110 valence electrons. The number of benzene rings is 2. The summed E-state index contributed by atoms with van der Waals surface area (Å²) >= 11 is 17.8. The van der Waals surface area contributed by atoms with E-state index >= 15 is 0 Å². The summed E-state index contributed by atoms with van der Waals surface area (Å²) < 4.78 is 5.52. The molecule has 0 spiro atoms. The monoisotopic (exact) mass is 342 g/mol. The highest BCUT2D eigenvalue weighted by atomic mass is 35.5. The van der Waals surface area contributed by atoms with Crippen LogP contribution in [0.5, 0.6) is 5.75 Å². The summed E-state index contributed by atoms with van der Waals surface area (Å²) in [5.41, 5.74) is 2.29. The lowest BCUT2D eigenvalue weighted by atomic mass is 10.1. The van der Waals surface area contributed by atoms with Crippen LogP contribution in [-0.4, -0.2) is 12.4 Å². The van der Waals surface area contributed by atoms with Crippen LogP contribution in [0.15, 0.2) is 30.3 Å². The van der Waals surface area contributed by atoms with Crippen LogP contribution in [0.4, 0.5) is 0 Å². The number of carbonyl (C=O) groups excluding carboxylic acids is 1. The van der Waals surface area contributed by atoms with Gasteiger partial charge >= 0.3 is 0 Å². The van der Waals surface area contributed by atoms with E-state index < -0.39 is 0 Å². The fourth-order valence-electron chi connectivity index (χ4n) is 1.89. The van der Waals surface area contributed by atoms with Crippen molar-refractivity contribution in [2.24, 2.45) is 0 Å². The van der Waals surface area contributed by atoms with Crippen molar-refractivity contribution in [3.05, 3.63) is 62.1 Å². The fraction of sp³-hybridized carbons (Fsp3) is 0.188. The topological polar surface area (TPSA) is 26.3 Å². The molecule has 0 amide bonds. The van der Waals surface area contributed by atoms with E-state index in [1.54, 1.807) is 24.3 Å². The van der Waals surface area contributed by atoms with E-state index in [1.807, 2.05) is 13.8 Å². The molecule has 2 nitrogen and oxygen atoms in total. The summed E-state index contributed by atoms with van der Waals surface area (Å²) in [5, 5.41) is 1.47. The van der Waals surface area contributed by atoms with E-state index in [9.17, 15) is 4.79 Å². The third-order valence-electron chi connectivity index (χ3n) is 3.02. The van der Waals surface area contributed by atoms with Crippen molar-refractivity contribution in [1.29, 1.82) is 0 Å². The minimum Gasteiger partial charge on any atom is -0.485 e. The lowest BCUT2D eigenvalue weighted by Crippen LogP contribution is -2.11. The molecule has 0 saturated carbocycles. The number of ketones is 1. The predicted octanol–water partition coefficient (Wildman–Crippen LogP) is 5.53. The Kier molecular flexibility index (Phi) is 5.15. The molecule has 2 aromatic carbocycles. The number of aryl methyl sites for hydroxylation is 2. The molecular formula is C16H13Cl3O2. The first kappa shape index (κ1) is 16.2. The van der Waals surface area contributed by atoms with Gasteiger partial charge in [-0.25, -0.2) is 0 Å². The molecule has 0 radical (unpaired) electrons. The molecule has 0 bridgehead atoms. The summed E-state index contributed by atoms with van der Waals surface area (Å²) in [7, 11) is 0. The van der Waals surface area contributed by atoms with Gasteiger partial charge in [-0.3, -0.25) is 4.79 Å². The highest BCUT2D eigenvalue weighted by Crippen LogP contribution is 2.26. The van der Waals surface area contributed by atoms with Crippen LogP contribution in [0, 0.1) is 13.8 Å². The molecule has 2 aromatic rings. The first-order valence-electron chi connectivity index (χ1n) is 6.26. The van der Waals surface area contributed by atoms with Gasteiger partial charge in [-0.2, -0.15) is 0 Å². The zero-order valence-electron chi connectivity index (χ0n) is 11.5. The van der Waals surface area contributed by atoms with Gasteiger partial charge in [0.15, 0.2) is 12.4 Å². The Morgan fingerprint density at radius 1 is 1.00 bits per heavy atom. The number of carbonyl (C=O) groups is 1. The second-order valence-electron chi connectivity index (χ2n) is 4.71. The van der Waals surface area contributed by atoms with Crippen LogP contribution in [-0.2, 0) is 0 Å². The van der Waals surface area contributed by atoms with Crippen molar-refractivity contribution in [2.75, 3.05) is 6.61 Å². The third-order valence-corrected chi connectivity index (χ3v) is 4.36. The Morgan fingerprint density at radius 3 is 2.19 bits per heavy atom. The summed E-state index contributed by atoms with van der Waals surface area (Å²) in [5.74, 6) is 0.446. The maximum absolute atomic E-state index is 12.1. The van der Waals surface area contributed by atoms with Gasteiger partial charge in [0, 0.05) is 10.6 Å². The molecule has 21 heavy (non-hydrogen) atoms. The highest BCUT2D eigenvalue weighted by molar-refractivity contribution is 6.42. The van der Waals surface area contributed by atoms with Crippen molar-refractivity contribution in [3.8, 4) is 5.75 Å². The first-order valence-corrected chi connectivity index (χ1v) is 7.39. The van der Waals surface area contributed by atoms with Crippen LogP contribution in [0.1, 0.15) is 21.5 Å². The molecule has 0 aliphatic rings. The quantitative estimate of drug-likeness (QED) is 0.683. The van der Waals surface area contributed by atoms with E-state index in [-0.39, 0.29) is 12.4 Å². The molecule has 0 heterocycles. The van der Waals surface area contributed by atoms with Crippen LogP contribution in [0.3, 0.4) is 0 Å². The van der Waals surface area contributed by atoms with Gasteiger partial charge < -0.3 is 4.74 Å². The highest BCUT2D eigenvalue weighted by Gasteiger charge is 2.10. The summed E-state index contributed by atoms with van der Waals surface area (Å²) in [6.45, 7) is 3.71. The van der Waals surface area contributed by atoms with E-state index in [1.165, 1.54) is 6.07 Å². The molecule has 0 aliphatic carbocycles. The predicted molar refractivity (Wildman–Crippen MR) is 87.2 cm³/mol. The number of Topliss-reactive ketones (excluding diaryl/α,β-unsaturated/α-hetero) is 1. The maximum Gasteiger partial charge on any atom is 0.200 e. The molecule has 5 heteroatoms. The third kappa shape index (κ3) is 3.91. The zero-order valence-corrected chi connectivity index (χ0v) is 13.8. The van der Waals surface area contributed by atoms with Crippen LogP contribution in [0.25, 0.3) is 0 Å². The van der Waals surface area contributed by atoms with E-state index in [0.29, 0.717) is 26.4 Å². The number of hydrogen-bond donors (Lipinski definition) is 0. The molecular weight excluding hydrogens is 331 g/mol. The smallest absolute Gasteiger partial charge is 0.200 e. The number of rotatable bonds is 4. The van der Waals surface area contributed by atoms with Crippen LogP contribution >= 0.6 is 34.8 Å². The summed E-state index contributed by atoms with van der Waals surface area (Å²) in [4.78, 5) is 12.1. The molecule has 0 saturated heterocycles. The standard InChI is InChI=1S/C16H13Cl3O2/c1-9-5-12(6-10(2)16(9)19)21-8-15(20)11-3-4-13(17)14(18)7-11/h3-7H,8H2,1-2H3. The number of halogens is 3. The molecule has 2 rings (SSSR count).